The highest BCUT2D eigenvalue weighted by Crippen LogP contribution is 2.49. The molecule has 212 valence electrons. The van der Waals surface area contributed by atoms with E-state index in [4.69, 9.17) is 34.4 Å². The number of aromatic nitrogens is 1. The van der Waals surface area contributed by atoms with Crippen molar-refractivity contribution in [2.24, 2.45) is 5.16 Å². The molecule has 6 N–H and O–H groups in total. The molecule has 4 heterocycles. The Balaban J connectivity index is 1.55. The Morgan fingerprint density at radius 1 is 1.37 bits per heavy atom. The quantitative estimate of drug-likeness (QED) is 0.0816. The van der Waals surface area contributed by atoms with Gasteiger partial charge in [0.05, 0.1) is 4.70 Å². The van der Waals surface area contributed by atoms with Gasteiger partial charge in [-0.1, -0.05) is 29.0 Å². The first-order chi connectivity index (χ1) is 19.4. The molecular weight excluding hydrogens is 638 g/mol. The van der Waals surface area contributed by atoms with Gasteiger partial charge in [0.1, 0.15) is 28.9 Å². The fourth-order valence-corrected chi connectivity index (χ4v) is 8.26. The number of thiocarbonyl (C=S) groups is 1. The predicted molar refractivity (Wildman–Crippen MR) is 159 cm³/mol. The number of carbonyl (C=O) groups excluding carboxylic acids is 2. The number of hydrogen-bond acceptors (Lipinski definition) is 14. The number of phenols is 2. The lowest BCUT2D eigenvalue weighted by Crippen LogP contribution is -2.80. The van der Waals surface area contributed by atoms with Crippen LogP contribution in [0.1, 0.15) is 10.6 Å². The maximum atomic E-state index is 13.6. The van der Waals surface area contributed by atoms with Crippen molar-refractivity contribution < 1.29 is 34.5 Å². The number of amides is 2. The van der Waals surface area contributed by atoms with Crippen LogP contribution in [-0.2, 0) is 19.2 Å². The van der Waals surface area contributed by atoms with Crippen LogP contribution in [0.3, 0.4) is 0 Å². The van der Waals surface area contributed by atoms with E-state index in [2.05, 4.69) is 15.5 Å². The van der Waals surface area contributed by atoms with E-state index >= 15 is 0 Å². The second-order valence-corrected chi connectivity index (χ2v) is 12.1. The van der Waals surface area contributed by atoms with Crippen LogP contribution in [0, 0.1) is 0 Å². The SMILES string of the molecule is CO/N=C(\C(=O)N[C@]1(C=S)C(=O)N2C(C(=O)O)=C(c3cc(=O)c4cc(O)c(O)c(Cl)c4s3)CS[C@H]21)c1csc(N)n1. The molecule has 0 radical (unpaired) electrons. The molecular formula is C23H16ClN5O8S4. The maximum absolute atomic E-state index is 13.6. The Kier molecular flexibility index (Phi) is 7.41. The number of thiazole rings is 1. The Hall–Kier alpha value is -3.77. The number of carboxylic acids is 1. The molecule has 2 aliphatic rings. The Morgan fingerprint density at radius 2 is 2.10 bits per heavy atom. The number of anilines is 1. The number of nitrogens with two attached hydrogens (primary N) is 1. The summed E-state index contributed by atoms with van der Waals surface area (Å²) in [6.45, 7) is 0. The molecule has 0 saturated carbocycles. The number of carboxylic acid groups (broad SMARTS) is 1. The van der Waals surface area contributed by atoms with E-state index in [-0.39, 0.29) is 47.8 Å². The summed E-state index contributed by atoms with van der Waals surface area (Å²) in [5.41, 5.74) is 2.86. The largest absolute Gasteiger partial charge is 0.504 e. The van der Waals surface area contributed by atoms with Crippen LogP contribution in [0.2, 0.25) is 5.02 Å². The van der Waals surface area contributed by atoms with Gasteiger partial charge >= 0.3 is 5.97 Å². The number of phenolic OH excluding ortho intramolecular Hbond substituents is 2. The lowest BCUT2D eigenvalue weighted by molar-refractivity contribution is -0.153. The minimum atomic E-state index is -1.78. The van der Waals surface area contributed by atoms with Crippen LogP contribution in [0.15, 0.2) is 33.2 Å². The number of rotatable bonds is 7. The van der Waals surface area contributed by atoms with Gasteiger partial charge in [0.15, 0.2) is 33.3 Å². The van der Waals surface area contributed by atoms with Crippen molar-refractivity contribution in [3.05, 3.63) is 49.0 Å². The standard InChI is InChI=1S/C23H16ClN5O8S4/c1-37-28-14(9-5-40-22(25)26-9)18(33)27-23(6-38)20(36)29-15(19(34)35)8(4-39-21(23)29)12-3-10(30)7-2-11(31)16(32)13(24)17(7)41-12/h2-3,5-6,21,31-32H,4H2,1H3,(H2,25,26)(H,27,33)(H,34,35)/b28-14-/t21-,23+/m0/s1. The van der Waals surface area contributed by atoms with E-state index in [1.165, 1.54) is 18.6 Å². The van der Waals surface area contributed by atoms with E-state index in [1.807, 2.05) is 0 Å². The second-order valence-electron chi connectivity index (χ2n) is 8.52. The summed E-state index contributed by atoms with van der Waals surface area (Å²) in [5, 5.41) is 37.8. The number of hydrogen-bond donors (Lipinski definition) is 5. The predicted octanol–water partition coefficient (Wildman–Crippen LogP) is 1.98. The fraction of sp³-hybridized carbons (Fsp3) is 0.174. The van der Waals surface area contributed by atoms with Crippen LogP contribution in [0.4, 0.5) is 5.13 Å². The molecule has 1 fully saturated rings. The Morgan fingerprint density at radius 3 is 2.71 bits per heavy atom. The molecule has 1 saturated heterocycles. The highest BCUT2D eigenvalue weighted by atomic mass is 35.5. The number of nitrogens with one attached hydrogen (secondary N) is 1. The summed E-state index contributed by atoms with van der Waals surface area (Å²) < 4.78 is 0.122. The number of β-lactam (4-membered cyclic amide) rings is 1. The number of carbonyl (C=O) groups is 3. The van der Waals surface area contributed by atoms with Gasteiger partial charge in [-0.25, -0.2) is 9.78 Å². The van der Waals surface area contributed by atoms with E-state index in [1.54, 1.807) is 0 Å². The molecule has 2 aromatic heterocycles. The Bertz CT molecular complexity index is 1800. The zero-order valence-electron chi connectivity index (χ0n) is 20.4. The number of nitrogen functional groups attached to an aromatic ring is 1. The average molecular weight is 654 g/mol. The summed E-state index contributed by atoms with van der Waals surface area (Å²) in [7, 11) is 1.22. The normalized spacial score (nSPS) is 20.4. The Labute approximate surface area is 251 Å². The molecule has 2 atom stereocenters. The van der Waals surface area contributed by atoms with Crippen LogP contribution < -0.4 is 16.5 Å². The number of nitrogens with zero attached hydrogens (tertiary/aromatic N) is 3. The van der Waals surface area contributed by atoms with Crippen molar-refractivity contribution in [3.63, 3.8) is 0 Å². The van der Waals surface area contributed by atoms with Gasteiger partial charge in [-0.15, -0.1) is 34.4 Å². The number of halogens is 1. The number of aliphatic carboxylic acids is 1. The summed E-state index contributed by atoms with van der Waals surface area (Å²) in [6, 6.07) is 2.23. The van der Waals surface area contributed by atoms with Crippen molar-refractivity contribution in [1.29, 1.82) is 0 Å². The van der Waals surface area contributed by atoms with Gasteiger partial charge in [-0.2, -0.15) is 0 Å². The highest BCUT2D eigenvalue weighted by molar-refractivity contribution is 8.00. The number of thioether (sulfide) groups is 1. The van der Waals surface area contributed by atoms with Gasteiger partial charge < -0.3 is 31.2 Å². The summed E-state index contributed by atoms with van der Waals surface area (Å²) in [4.78, 5) is 62.1. The molecule has 0 bridgehead atoms. The van der Waals surface area contributed by atoms with Crippen molar-refractivity contribution in [2.45, 2.75) is 10.9 Å². The van der Waals surface area contributed by atoms with Crippen molar-refractivity contribution in [2.75, 3.05) is 18.6 Å². The molecule has 13 nitrogen and oxygen atoms in total. The maximum Gasteiger partial charge on any atom is 0.353 e. The first-order valence-electron chi connectivity index (χ1n) is 11.2. The zero-order valence-corrected chi connectivity index (χ0v) is 24.4. The highest BCUT2D eigenvalue weighted by Gasteiger charge is 2.65. The molecule has 1 aromatic carbocycles. The minimum absolute atomic E-state index is 0.00163. The smallest absolute Gasteiger partial charge is 0.353 e. The van der Waals surface area contributed by atoms with Crippen molar-refractivity contribution in [3.8, 4) is 11.5 Å². The molecule has 0 aliphatic carbocycles. The van der Waals surface area contributed by atoms with E-state index in [0.717, 1.165) is 50.8 Å². The topological polar surface area (TPSA) is 205 Å². The fourth-order valence-electron chi connectivity index (χ4n) is 4.34. The molecule has 41 heavy (non-hydrogen) atoms. The van der Waals surface area contributed by atoms with Crippen LogP contribution >= 0.6 is 58.3 Å². The molecule has 2 aliphatic heterocycles. The van der Waals surface area contributed by atoms with Gasteiger partial charge in [0, 0.05) is 38.4 Å². The minimum Gasteiger partial charge on any atom is -0.504 e. The molecule has 18 heteroatoms. The zero-order chi connectivity index (χ0) is 29.8. The van der Waals surface area contributed by atoms with Crippen LogP contribution in [0.5, 0.6) is 11.5 Å². The average Bonchev–Trinajstić information content (AvgIpc) is 3.38. The third kappa shape index (κ3) is 4.49. The third-order valence-corrected chi connectivity index (χ3v) is 10.3. The summed E-state index contributed by atoms with van der Waals surface area (Å²) in [6.07, 6.45) is 0. The van der Waals surface area contributed by atoms with Crippen LogP contribution in [-0.4, -0.2) is 77.8 Å². The third-order valence-electron chi connectivity index (χ3n) is 6.19. The van der Waals surface area contributed by atoms with Gasteiger partial charge in [-0.3, -0.25) is 19.3 Å². The molecule has 3 aromatic rings. The van der Waals surface area contributed by atoms with E-state index < -0.39 is 51.3 Å². The first kappa shape index (κ1) is 28.7. The van der Waals surface area contributed by atoms with Crippen LogP contribution in [0.25, 0.3) is 15.7 Å². The summed E-state index contributed by atoms with van der Waals surface area (Å²) >= 11 is 14.4. The van der Waals surface area contributed by atoms with Crippen molar-refractivity contribution in [1.82, 2.24) is 15.2 Å². The number of benzene rings is 1. The van der Waals surface area contributed by atoms with Gasteiger partial charge in [0.2, 0.25) is 0 Å². The molecule has 2 amide bonds. The number of fused-ring (bicyclic) bond motifs is 2. The monoisotopic (exact) mass is 653 g/mol. The van der Waals surface area contributed by atoms with Crippen molar-refractivity contribution >= 4 is 108 Å². The molecule has 5 rings (SSSR count). The van der Waals surface area contributed by atoms with Gasteiger partial charge in [-0.05, 0) is 6.07 Å². The number of oxime groups is 1. The molecule has 0 spiro atoms. The first-order valence-corrected chi connectivity index (χ1v) is 14.8. The lowest BCUT2D eigenvalue weighted by atomic mass is 9.87. The van der Waals surface area contributed by atoms with Gasteiger partial charge in [0.25, 0.3) is 11.8 Å². The summed E-state index contributed by atoms with van der Waals surface area (Å²) in [5.74, 6) is -4.35. The molecule has 0 unspecified atom stereocenters. The lowest BCUT2D eigenvalue weighted by Gasteiger charge is -2.55. The number of aromatic hydroxyl groups is 2. The van der Waals surface area contributed by atoms with E-state index in [0.29, 0.717) is 0 Å². The van der Waals surface area contributed by atoms with E-state index in [9.17, 15) is 34.5 Å². The second kappa shape index (κ2) is 10.6.